The van der Waals surface area contributed by atoms with E-state index in [1.54, 1.807) is 19.3 Å². The summed E-state index contributed by atoms with van der Waals surface area (Å²) in [6.07, 6.45) is 5.33. The SMILES string of the molecule is C/C=C(/C)C(=O)O/C=C(\C)CCC. The number of hydrogen-bond donors (Lipinski definition) is 0. The first-order chi connectivity index (χ1) is 6.11. The van der Waals surface area contributed by atoms with Gasteiger partial charge in [-0.3, -0.25) is 0 Å². The van der Waals surface area contributed by atoms with Crippen molar-refractivity contribution in [3.05, 3.63) is 23.5 Å². The Morgan fingerprint density at radius 3 is 2.46 bits per heavy atom. The van der Waals surface area contributed by atoms with E-state index in [-0.39, 0.29) is 5.97 Å². The number of esters is 1. The van der Waals surface area contributed by atoms with Crippen LogP contribution in [0.25, 0.3) is 0 Å². The van der Waals surface area contributed by atoms with Gasteiger partial charge in [0.2, 0.25) is 0 Å². The van der Waals surface area contributed by atoms with Gasteiger partial charge in [0.25, 0.3) is 0 Å². The molecule has 74 valence electrons. The molecule has 0 aliphatic heterocycles. The second-order valence-corrected chi connectivity index (χ2v) is 3.09. The van der Waals surface area contributed by atoms with Crippen molar-refractivity contribution in [2.24, 2.45) is 0 Å². The molecule has 0 bridgehead atoms. The minimum atomic E-state index is -0.266. The summed E-state index contributed by atoms with van der Waals surface area (Å²) in [5, 5.41) is 0. The summed E-state index contributed by atoms with van der Waals surface area (Å²) in [4.78, 5) is 11.1. The lowest BCUT2D eigenvalue weighted by molar-refractivity contribution is -0.133. The van der Waals surface area contributed by atoms with E-state index in [1.807, 2.05) is 13.8 Å². The van der Waals surface area contributed by atoms with Crippen LogP contribution in [0.1, 0.15) is 40.5 Å². The van der Waals surface area contributed by atoms with E-state index < -0.39 is 0 Å². The first-order valence-electron chi connectivity index (χ1n) is 4.61. The molecule has 0 atom stereocenters. The van der Waals surface area contributed by atoms with Crippen LogP contribution < -0.4 is 0 Å². The molecule has 0 saturated heterocycles. The molecule has 2 nitrogen and oxygen atoms in total. The zero-order chi connectivity index (χ0) is 10.3. The molecular weight excluding hydrogens is 164 g/mol. The van der Waals surface area contributed by atoms with Gasteiger partial charge in [-0.05, 0) is 32.8 Å². The van der Waals surface area contributed by atoms with Crippen LogP contribution in [0.4, 0.5) is 0 Å². The highest BCUT2D eigenvalue weighted by Crippen LogP contribution is 2.04. The smallest absolute Gasteiger partial charge is 0.338 e. The second-order valence-electron chi connectivity index (χ2n) is 3.09. The highest BCUT2D eigenvalue weighted by atomic mass is 16.5. The van der Waals surface area contributed by atoms with Crippen molar-refractivity contribution < 1.29 is 9.53 Å². The first kappa shape index (κ1) is 11.9. The summed E-state index contributed by atoms with van der Waals surface area (Å²) in [7, 11) is 0. The average molecular weight is 182 g/mol. The molecule has 0 aliphatic rings. The van der Waals surface area contributed by atoms with E-state index in [0.29, 0.717) is 5.57 Å². The number of rotatable bonds is 4. The van der Waals surface area contributed by atoms with E-state index >= 15 is 0 Å². The van der Waals surface area contributed by atoms with Gasteiger partial charge < -0.3 is 4.74 Å². The van der Waals surface area contributed by atoms with Crippen molar-refractivity contribution in [1.82, 2.24) is 0 Å². The minimum absolute atomic E-state index is 0.266. The fourth-order valence-electron chi connectivity index (χ4n) is 0.818. The third-order valence-electron chi connectivity index (χ3n) is 1.77. The van der Waals surface area contributed by atoms with Gasteiger partial charge in [0, 0.05) is 5.57 Å². The predicted octanol–water partition coefficient (Wildman–Crippen LogP) is 3.20. The van der Waals surface area contributed by atoms with Crippen molar-refractivity contribution in [2.45, 2.75) is 40.5 Å². The van der Waals surface area contributed by atoms with E-state index in [1.165, 1.54) is 0 Å². The van der Waals surface area contributed by atoms with Gasteiger partial charge in [0.05, 0.1) is 6.26 Å². The number of ether oxygens (including phenoxy) is 1. The third-order valence-corrected chi connectivity index (χ3v) is 1.77. The number of carbonyl (C=O) groups excluding carboxylic acids is 1. The van der Waals surface area contributed by atoms with E-state index in [0.717, 1.165) is 18.4 Å². The zero-order valence-corrected chi connectivity index (χ0v) is 8.89. The summed E-state index contributed by atoms with van der Waals surface area (Å²) < 4.78 is 4.94. The molecule has 0 fully saturated rings. The molecule has 0 heterocycles. The van der Waals surface area contributed by atoms with Crippen molar-refractivity contribution in [1.29, 1.82) is 0 Å². The zero-order valence-electron chi connectivity index (χ0n) is 8.89. The van der Waals surface area contributed by atoms with Crippen LogP contribution in [-0.2, 0) is 9.53 Å². The van der Waals surface area contributed by atoms with Crippen LogP contribution >= 0.6 is 0 Å². The summed E-state index contributed by atoms with van der Waals surface area (Å²) in [5.41, 5.74) is 1.74. The molecule has 0 N–H and O–H groups in total. The first-order valence-corrected chi connectivity index (χ1v) is 4.61. The van der Waals surface area contributed by atoms with E-state index in [2.05, 4.69) is 6.92 Å². The van der Waals surface area contributed by atoms with Gasteiger partial charge in [-0.25, -0.2) is 4.79 Å². The third kappa shape index (κ3) is 5.23. The molecular formula is C11H18O2. The van der Waals surface area contributed by atoms with Gasteiger partial charge >= 0.3 is 5.97 Å². The molecule has 0 amide bonds. The Labute approximate surface area is 80.3 Å². The maximum absolute atomic E-state index is 11.1. The summed E-state index contributed by atoms with van der Waals surface area (Å²) >= 11 is 0. The molecule has 0 aromatic heterocycles. The largest absolute Gasteiger partial charge is 0.431 e. The Bertz CT molecular complexity index is 224. The summed E-state index contributed by atoms with van der Waals surface area (Å²) in [5.74, 6) is -0.266. The van der Waals surface area contributed by atoms with Crippen molar-refractivity contribution in [3.63, 3.8) is 0 Å². The van der Waals surface area contributed by atoms with Gasteiger partial charge in [-0.15, -0.1) is 0 Å². The molecule has 0 unspecified atom stereocenters. The summed E-state index contributed by atoms with van der Waals surface area (Å²) in [6, 6.07) is 0. The molecule has 13 heavy (non-hydrogen) atoms. The monoisotopic (exact) mass is 182 g/mol. The van der Waals surface area contributed by atoms with Crippen LogP contribution in [0.2, 0.25) is 0 Å². The maximum atomic E-state index is 11.1. The van der Waals surface area contributed by atoms with Crippen molar-refractivity contribution in [2.75, 3.05) is 0 Å². The van der Waals surface area contributed by atoms with Gasteiger partial charge in [0.1, 0.15) is 0 Å². The summed E-state index contributed by atoms with van der Waals surface area (Å²) in [6.45, 7) is 7.61. The molecule has 2 heteroatoms. The second kappa shape index (κ2) is 6.46. The van der Waals surface area contributed by atoms with Gasteiger partial charge in [0.15, 0.2) is 0 Å². The Morgan fingerprint density at radius 2 is 2.00 bits per heavy atom. The fourth-order valence-corrected chi connectivity index (χ4v) is 0.818. The lowest BCUT2D eigenvalue weighted by Crippen LogP contribution is -2.00. The van der Waals surface area contributed by atoms with Crippen molar-refractivity contribution >= 4 is 5.97 Å². The number of allylic oxidation sites excluding steroid dienone is 2. The van der Waals surface area contributed by atoms with Crippen LogP contribution in [0, 0.1) is 0 Å². The molecule has 0 aromatic carbocycles. The quantitative estimate of drug-likeness (QED) is 0.379. The van der Waals surface area contributed by atoms with Gasteiger partial charge in [-0.2, -0.15) is 0 Å². The van der Waals surface area contributed by atoms with E-state index in [9.17, 15) is 4.79 Å². The maximum Gasteiger partial charge on any atom is 0.338 e. The molecule has 0 spiro atoms. The van der Waals surface area contributed by atoms with Crippen LogP contribution in [-0.4, -0.2) is 5.97 Å². The van der Waals surface area contributed by atoms with Crippen molar-refractivity contribution in [3.8, 4) is 0 Å². The molecule has 0 rings (SSSR count). The lowest BCUT2D eigenvalue weighted by atomic mass is 10.2. The van der Waals surface area contributed by atoms with Crippen LogP contribution in [0.3, 0.4) is 0 Å². The molecule has 0 aromatic rings. The van der Waals surface area contributed by atoms with Crippen LogP contribution in [0.5, 0.6) is 0 Å². The minimum Gasteiger partial charge on any atom is -0.431 e. The molecule has 0 radical (unpaired) electrons. The molecule has 0 aliphatic carbocycles. The van der Waals surface area contributed by atoms with Crippen LogP contribution in [0.15, 0.2) is 23.5 Å². The Kier molecular flexibility index (Phi) is 5.94. The normalized spacial score (nSPS) is 12.9. The topological polar surface area (TPSA) is 26.3 Å². The van der Waals surface area contributed by atoms with E-state index in [4.69, 9.17) is 4.74 Å². The Hall–Kier alpha value is -1.05. The standard InChI is InChI=1S/C11H18O2/c1-5-7-9(3)8-13-11(12)10(4)6-2/h6,8H,5,7H2,1-4H3/b9-8+,10-6-. The van der Waals surface area contributed by atoms with Gasteiger partial charge in [-0.1, -0.05) is 19.4 Å². The molecule has 0 saturated carbocycles. The number of carbonyl (C=O) groups is 1. The lowest BCUT2D eigenvalue weighted by Gasteiger charge is -2.00. The highest BCUT2D eigenvalue weighted by Gasteiger charge is 2.01. The highest BCUT2D eigenvalue weighted by molar-refractivity contribution is 5.88. The Balaban J connectivity index is 4.01. The predicted molar refractivity (Wildman–Crippen MR) is 54.2 cm³/mol. The fraction of sp³-hybridized carbons (Fsp3) is 0.545. The number of hydrogen-bond acceptors (Lipinski definition) is 2. The Morgan fingerprint density at radius 1 is 1.38 bits per heavy atom. The average Bonchev–Trinajstić information content (AvgIpc) is 2.13.